The Morgan fingerprint density at radius 3 is 2.31 bits per heavy atom. The second kappa shape index (κ2) is 6.50. The molecule has 0 atom stereocenters. The summed E-state index contributed by atoms with van der Waals surface area (Å²) in [5.41, 5.74) is 0.796. The van der Waals surface area contributed by atoms with E-state index < -0.39 is 0 Å². The summed E-state index contributed by atoms with van der Waals surface area (Å²) in [6.45, 7) is 10.0. The van der Waals surface area contributed by atoms with Gasteiger partial charge >= 0.3 is 0 Å². The molecule has 136 valence electrons. The molecule has 1 aliphatic heterocycles. The zero-order chi connectivity index (χ0) is 18.3. The fourth-order valence-corrected chi connectivity index (χ4v) is 3.42. The Labute approximate surface area is 161 Å². The minimum Gasteiger partial charge on any atom is -0.353 e. The minimum absolute atomic E-state index is 0.0463. The van der Waals surface area contributed by atoms with Crippen LogP contribution in [0, 0.1) is 0 Å². The molecule has 3 aromatic heterocycles. The van der Waals surface area contributed by atoms with Crippen LogP contribution in [-0.2, 0) is 5.41 Å². The highest BCUT2D eigenvalue weighted by Gasteiger charge is 2.22. The lowest BCUT2D eigenvalue weighted by Crippen LogP contribution is -2.47. The van der Waals surface area contributed by atoms with E-state index in [9.17, 15) is 0 Å². The molecule has 3 aromatic rings. The summed E-state index contributed by atoms with van der Waals surface area (Å²) in [7, 11) is 0. The van der Waals surface area contributed by atoms with E-state index in [1.807, 2.05) is 28.9 Å². The summed E-state index contributed by atoms with van der Waals surface area (Å²) in [6, 6.07) is 6.03. The van der Waals surface area contributed by atoms with Gasteiger partial charge in [0.1, 0.15) is 22.1 Å². The number of hydrogen-bond acceptors (Lipinski definition) is 6. The van der Waals surface area contributed by atoms with E-state index in [0.29, 0.717) is 0 Å². The van der Waals surface area contributed by atoms with Crippen molar-refractivity contribution in [2.24, 2.45) is 0 Å². The van der Waals surface area contributed by atoms with Crippen LogP contribution in [0.3, 0.4) is 0 Å². The Morgan fingerprint density at radius 2 is 1.62 bits per heavy atom. The molecule has 0 saturated carbocycles. The lowest BCUT2D eigenvalue weighted by atomic mass is 9.96. The standard InChI is InChI=1S/C18H22BrN7/c1-18(2,3)17-20-7-6-15(22-17)24-8-10-25(11-9-24)16-5-4-14-21-12-13(19)26(14)23-16/h4-7,12H,8-11H2,1-3H3. The zero-order valence-electron chi connectivity index (χ0n) is 15.2. The molecule has 4 heterocycles. The third kappa shape index (κ3) is 3.25. The number of hydrogen-bond donors (Lipinski definition) is 0. The van der Waals surface area contributed by atoms with Gasteiger partial charge in [0.05, 0.1) is 6.20 Å². The first-order chi connectivity index (χ1) is 12.4. The van der Waals surface area contributed by atoms with Crippen molar-refractivity contribution in [3.63, 3.8) is 0 Å². The van der Waals surface area contributed by atoms with Crippen molar-refractivity contribution in [1.29, 1.82) is 0 Å². The van der Waals surface area contributed by atoms with Crippen LogP contribution >= 0.6 is 15.9 Å². The summed E-state index contributed by atoms with van der Waals surface area (Å²) < 4.78 is 2.69. The lowest BCUT2D eigenvalue weighted by molar-refractivity contribution is 0.541. The third-order valence-corrected chi connectivity index (χ3v) is 5.09. The fraction of sp³-hybridized carbons (Fsp3) is 0.444. The summed E-state index contributed by atoms with van der Waals surface area (Å²) >= 11 is 3.48. The Bertz CT molecular complexity index is 923. The Balaban J connectivity index is 1.49. The van der Waals surface area contributed by atoms with E-state index in [1.54, 1.807) is 6.20 Å². The van der Waals surface area contributed by atoms with Gasteiger partial charge in [0, 0.05) is 37.8 Å². The molecule has 4 rings (SSSR count). The first kappa shape index (κ1) is 17.2. The van der Waals surface area contributed by atoms with Crippen LogP contribution in [0.1, 0.15) is 26.6 Å². The largest absolute Gasteiger partial charge is 0.353 e. The predicted molar refractivity (Wildman–Crippen MR) is 106 cm³/mol. The maximum absolute atomic E-state index is 4.77. The van der Waals surface area contributed by atoms with Crippen LogP contribution in [0.5, 0.6) is 0 Å². The smallest absolute Gasteiger partial charge is 0.154 e. The monoisotopic (exact) mass is 415 g/mol. The summed E-state index contributed by atoms with van der Waals surface area (Å²) in [5.74, 6) is 2.86. The molecule has 0 aliphatic carbocycles. The summed E-state index contributed by atoms with van der Waals surface area (Å²) in [6.07, 6.45) is 3.63. The fourth-order valence-electron chi connectivity index (χ4n) is 3.06. The molecule has 0 radical (unpaired) electrons. The highest BCUT2D eigenvalue weighted by Crippen LogP contribution is 2.22. The third-order valence-electron chi connectivity index (χ3n) is 4.55. The molecule has 0 bridgehead atoms. The molecule has 0 spiro atoms. The van der Waals surface area contributed by atoms with Gasteiger partial charge in [-0.15, -0.1) is 5.10 Å². The zero-order valence-corrected chi connectivity index (χ0v) is 16.8. The van der Waals surface area contributed by atoms with Crippen molar-refractivity contribution in [2.75, 3.05) is 36.0 Å². The van der Waals surface area contributed by atoms with Gasteiger partial charge in [0.25, 0.3) is 0 Å². The second-order valence-corrected chi connectivity index (χ2v) is 8.32. The van der Waals surface area contributed by atoms with Crippen molar-refractivity contribution in [2.45, 2.75) is 26.2 Å². The van der Waals surface area contributed by atoms with Crippen molar-refractivity contribution in [1.82, 2.24) is 24.6 Å². The number of piperazine rings is 1. The maximum Gasteiger partial charge on any atom is 0.154 e. The SMILES string of the molecule is CC(C)(C)c1nccc(N2CCN(c3ccc4ncc(Br)n4n3)CC2)n1. The predicted octanol–water partition coefficient (Wildman–Crippen LogP) is 2.91. The number of nitrogens with zero attached hydrogens (tertiary/aromatic N) is 7. The summed E-state index contributed by atoms with van der Waals surface area (Å²) in [5, 5.41) is 4.69. The molecule has 0 N–H and O–H groups in total. The van der Waals surface area contributed by atoms with E-state index >= 15 is 0 Å². The van der Waals surface area contributed by atoms with E-state index in [0.717, 1.165) is 53.9 Å². The van der Waals surface area contributed by atoms with Gasteiger partial charge in [0.2, 0.25) is 0 Å². The number of fused-ring (bicyclic) bond motifs is 1. The average Bonchev–Trinajstić information content (AvgIpc) is 3.02. The van der Waals surface area contributed by atoms with Crippen molar-refractivity contribution in [3.05, 3.63) is 41.0 Å². The van der Waals surface area contributed by atoms with Crippen LogP contribution in [0.2, 0.25) is 0 Å². The number of anilines is 2. The Kier molecular flexibility index (Phi) is 4.30. The van der Waals surface area contributed by atoms with Crippen molar-refractivity contribution >= 4 is 33.2 Å². The van der Waals surface area contributed by atoms with Crippen LogP contribution < -0.4 is 9.80 Å². The van der Waals surface area contributed by atoms with E-state index in [2.05, 4.69) is 56.5 Å². The molecule has 7 nitrogen and oxygen atoms in total. The number of halogens is 1. The van der Waals surface area contributed by atoms with Gasteiger partial charge in [-0.05, 0) is 34.1 Å². The summed E-state index contributed by atoms with van der Waals surface area (Å²) in [4.78, 5) is 18.1. The normalized spacial score (nSPS) is 15.7. The van der Waals surface area contributed by atoms with Crippen LogP contribution in [0.15, 0.2) is 35.2 Å². The Hall–Kier alpha value is -2.22. The first-order valence-electron chi connectivity index (χ1n) is 8.75. The molecular weight excluding hydrogens is 394 g/mol. The molecule has 0 unspecified atom stereocenters. The Morgan fingerprint density at radius 1 is 0.923 bits per heavy atom. The molecule has 0 aromatic carbocycles. The van der Waals surface area contributed by atoms with Gasteiger partial charge in [-0.25, -0.2) is 19.5 Å². The highest BCUT2D eigenvalue weighted by atomic mass is 79.9. The second-order valence-electron chi connectivity index (χ2n) is 7.50. The molecule has 1 fully saturated rings. The lowest BCUT2D eigenvalue weighted by Gasteiger charge is -2.36. The topological polar surface area (TPSA) is 62.5 Å². The van der Waals surface area contributed by atoms with E-state index in [1.165, 1.54) is 0 Å². The molecule has 1 saturated heterocycles. The van der Waals surface area contributed by atoms with Gasteiger partial charge in [-0.2, -0.15) is 0 Å². The molecule has 0 amide bonds. The number of aromatic nitrogens is 5. The van der Waals surface area contributed by atoms with Crippen molar-refractivity contribution < 1.29 is 0 Å². The quantitative estimate of drug-likeness (QED) is 0.640. The van der Waals surface area contributed by atoms with E-state index in [-0.39, 0.29) is 5.41 Å². The van der Waals surface area contributed by atoms with Gasteiger partial charge in [-0.3, -0.25) is 0 Å². The number of imidazole rings is 1. The van der Waals surface area contributed by atoms with Gasteiger partial charge in [-0.1, -0.05) is 20.8 Å². The first-order valence-corrected chi connectivity index (χ1v) is 9.55. The van der Waals surface area contributed by atoms with Crippen molar-refractivity contribution in [3.8, 4) is 0 Å². The molecule has 1 aliphatic rings. The molecule has 26 heavy (non-hydrogen) atoms. The highest BCUT2D eigenvalue weighted by molar-refractivity contribution is 9.10. The number of rotatable bonds is 2. The van der Waals surface area contributed by atoms with Crippen LogP contribution in [-0.4, -0.2) is 50.7 Å². The van der Waals surface area contributed by atoms with Crippen LogP contribution in [0.25, 0.3) is 5.65 Å². The average molecular weight is 416 g/mol. The van der Waals surface area contributed by atoms with E-state index in [4.69, 9.17) is 10.1 Å². The van der Waals surface area contributed by atoms with Gasteiger partial charge in [0.15, 0.2) is 5.65 Å². The maximum atomic E-state index is 4.77. The molecule has 8 heteroatoms. The molecular formula is C18H22BrN7. The minimum atomic E-state index is -0.0463. The van der Waals surface area contributed by atoms with Crippen LogP contribution in [0.4, 0.5) is 11.6 Å². The van der Waals surface area contributed by atoms with Gasteiger partial charge < -0.3 is 9.80 Å².